The molecule has 2 aromatic rings. The molecule has 0 spiro atoms. The van der Waals surface area contributed by atoms with Gasteiger partial charge in [0.1, 0.15) is 0 Å². The number of halogens is 2. The van der Waals surface area contributed by atoms with Crippen LogP contribution < -0.4 is 5.01 Å². The molecule has 152 valence electrons. The van der Waals surface area contributed by atoms with Crippen LogP contribution in [-0.4, -0.2) is 44.8 Å². The first-order valence-corrected chi connectivity index (χ1v) is 11.0. The number of para-hydroxylation sites is 1. The number of carbonyl (C=O) groups excluding carboxylic acids is 1. The van der Waals surface area contributed by atoms with E-state index in [1.807, 2.05) is 6.07 Å². The third kappa shape index (κ3) is 4.47. The summed E-state index contributed by atoms with van der Waals surface area (Å²) in [7, 11) is -0.377. The Balaban J connectivity index is 2.05. The van der Waals surface area contributed by atoms with E-state index < -0.39 is 21.5 Å². The molecule has 0 unspecified atom stereocenters. The Bertz CT molecular complexity index is 1130. The van der Waals surface area contributed by atoms with Crippen molar-refractivity contribution in [3.63, 3.8) is 0 Å². The third-order valence-corrected chi connectivity index (χ3v) is 6.71. The van der Waals surface area contributed by atoms with Crippen molar-refractivity contribution in [1.29, 1.82) is 0 Å². The molecule has 9 heteroatoms. The van der Waals surface area contributed by atoms with Gasteiger partial charge in [-0.3, -0.25) is 4.79 Å². The molecule has 0 aromatic heterocycles. The zero-order chi connectivity index (χ0) is 21.3. The van der Waals surface area contributed by atoms with Crippen LogP contribution in [-0.2, 0) is 14.6 Å². The van der Waals surface area contributed by atoms with Crippen LogP contribution >= 0.6 is 23.2 Å². The smallest absolute Gasteiger partial charge is 0.282 e. The lowest BCUT2D eigenvalue weighted by molar-refractivity contribution is -0.114. The summed E-state index contributed by atoms with van der Waals surface area (Å²) >= 11 is 12.2. The lowest BCUT2D eigenvalue weighted by atomic mass is 10.2. The van der Waals surface area contributed by atoms with Crippen LogP contribution in [0.25, 0.3) is 0 Å². The van der Waals surface area contributed by atoms with Crippen molar-refractivity contribution in [1.82, 2.24) is 4.90 Å². The molecule has 0 radical (unpaired) electrons. The molecule has 1 aliphatic heterocycles. The number of hydrazone groups is 1. The zero-order valence-corrected chi connectivity index (χ0v) is 18.4. The number of carbonyl (C=O) groups is 1. The van der Waals surface area contributed by atoms with Gasteiger partial charge < -0.3 is 4.90 Å². The fourth-order valence-electron chi connectivity index (χ4n) is 2.82. The van der Waals surface area contributed by atoms with Gasteiger partial charge in [-0.25, -0.2) is 8.42 Å². The number of hydrogen-bond acceptors (Lipinski definition) is 5. The topological polar surface area (TPSA) is 70.0 Å². The number of anilines is 1. The Morgan fingerprint density at radius 1 is 1.10 bits per heavy atom. The van der Waals surface area contributed by atoms with Crippen molar-refractivity contribution in [3.8, 4) is 0 Å². The molecule has 2 aromatic carbocycles. The highest BCUT2D eigenvalue weighted by atomic mass is 35.5. The Morgan fingerprint density at radius 2 is 1.76 bits per heavy atom. The second-order valence-corrected chi connectivity index (χ2v) is 9.57. The first-order valence-electron chi connectivity index (χ1n) is 8.64. The largest absolute Gasteiger partial charge is 0.383 e. The van der Waals surface area contributed by atoms with E-state index in [-0.39, 0.29) is 21.2 Å². The van der Waals surface area contributed by atoms with Crippen molar-refractivity contribution in [2.75, 3.05) is 24.9 Å². The molecule has 0 fully saturated rings. The molecule has 0 bridgehead atoms. The summed E-state index contributed by atoms with van der Waals surface area (Å²) in [4.78, 5) is 14.5. The van der Waals surface area contributed by atoms with Crippen LogP contribution in [0.4, 0.5) is 5.69 Å². The first kappa shape index (κ1) is 21.4. The maximum Gasteiger partial charge on any atom is 0.282 e. The SMILES string of the molecule is Cc1cc(S(=O)(=O)CC2=NN(c3ccccc3)C(=O)/C2=C\N(C)C)c(Cl)cc1Cl. The fourth-order valence-corrected chi connectivity index (χ4v) is 5.00. The van der Waals surface area contributed by atoms with Gasteiger partial charge in [-0.15, -0.1) is 0 Å². The summed E-state index contributed by atoms with van der Waals surface area (Å²) in [6, 6.07) is 11.7. The summed E-state index contributed by atoms with van der Waals surface area (Å²) in [5.41, 5.74) is 1.50. The van der Waals surface area contributed by atoms with Crippen LogP contribution in [0.1, 0.15) is 5.56 Å². The van der Waals surface area contributed by atoms with E-state index in [4.69, 9.17) is 23.2 Å². The summed E-state index contributed by atoms with van der Waals surface area (Å²) in [5.74, 6) is -0.865. The summed E-state index contributed by atoms with van der Waals surface area (Å²) in [5, 5.41) is 5.93. The number of amides is 1. The Morgan fingerprint density at radius 3 is 2.38 bits per heavy atom. The highest BCUT2D eigenvalue weighted by Gasteiger charge is 2.35. The van der Waals surface area contributed by atoms with E-state index >= 15 is 0 Å². The van der Waals surface area contributed by atoms with Gasteiger partial charge in [0, 0.05) is 25.3 Å². The fraction of sp³-hybridized carbons (Fsp3) is 0.200. The van der Waals surface area contributed by atoms with Crippen molar-refractivity contribution >= 4 is 50.3 Å². The van der Waals surface area contributed by atoms with Gasteiger partial charge >= 0.3 is 0 Å². The van der Waals surface area contributed by atoms with Crippen molar-refractivity contribution in [3.05, 3.63) is 69.8 Å². The summed E-state index contributed by atoms with van der Waals surface area (Å²) in [6.07, 6.45) is 1.56. The summed E-state index contributed by atoms with van der Waals surface area (Å²) in [6.45, 7) is 1.70. The van der Waals surface area contributed by atoms with Crippen LogP contribution in [0.3, 0.4) is 0 Å². The normalized spacial score (nSPS) is 15.8. The monoisotopic (exact) mass is 451 g/mol. The molecule has 3 rings (SSSR count). The van der Waals surface area contributed by atoms with E-state index in [1.54, 1.807) is 56.4 Å². The molecule has 0 atom stereocenters. The van der Waals surface area contributed by atoms with E-state index in [0.29, 0.717) is 16.3 Å². The average Bonchev–Trinajstić information content (AvgIpc) is 2.94. The van der Waals surface area contributed by atoms with Crippen LogP contribution in [0.15, 0.2) is 64.2 Å². The number of rotatable bonds is 5. The van der Waals surface area contributed by atoms with Gasteiger partial charge in [0.05, 0.1) is 32.6 Å². The average molecular weight is 452 g/mol. The minimum absolute atomic E-state index is 0.0311. The minimum Gasteiger partial charge on any atom is -0.383 e. The van der Waals surface area contributed by atoms with E-state index in [9.17, 15) is 13.2 Å². The second kappa shape index (κ2) is 8.18. The van der Waals surface area contributed by atoms with Crippen molar-refractivity contribution in [2.24, 2.45) is 5.10 Å². The maximum absolute atomic E-state index is 13.1. The predicted molar refractivity (Wildman–Crippen MR) is 116 cm³/mol. The zero-order valence-electron chi connectivity index (χ0n) is 16.1. The molecule has 0 N–H and O–H groups in total. The minimum atomic E-state index is -3.87. The highest BCUT2D eigenvalue weighted by Crippen LogP contribution is 2.31. The third-order valence-electron chi connectivity index (χ3n) is 4.22. The molecule has 0 saturated carbocycles. The molecule has 29 heavy (non-hydrogen) atoms. The van der Waals surface area contributed by atoms with Gasteiger partial charge in [-0.1, -0.05) is 41.4 Å². The van der Waals surface area contributed by atoms with Gasteiger partial charge in [0.15, 0.2) is 9.84 Å². The van der Waals surface area contributed by atoms with E-state index in [0.717, 1.165) is 0 Å². The van der Waals surface area contributed by atoms with Crippen LogP contribution in [0.2, 0.25) is 10.0 Å². The number of aryl methyl sites for hydroxylation is 1. The summed E-state index contributed by atoms with van der Waals surface area (Å²) < 4.78 is 26.1. The number of hydrogen-bond donors (Lipinski definition) is 0. The van der Waals surface area contributed by atoms with Crippen molar-refractivity contribution in [2.45, 2.75) is 11.8 Å². The predicted octanol–water partition coefficient (Wildman–Crippen LogP) is 3.92. The standard InChI is InChI=1S/C20H19Cl2N3O3S/c1-13-9-19(17(22)10-16(13)21)29(27,28)12-18-15(11-24(2)3)20(26)25(23-18)14-7-5-4-6-8-14/h4-11H,12H2,1-3H3/b15-11-. The molecule has 1 amide bonds. The molecule has 6 nitrogen and oxygen atoms in total. The molecule has 0 aliphatic carbocycles. The van der Waals surface area contributed by atoms with Gasteiger partial charge in [-0.05, 0) is 36.8 Å². The van der Waals surface area contributed by atoms with Gasteiger partial charge in [-0.2, -0.15) is 10.1 Å². The lowest BCUT2D eigenvalue weighted by Crippen LogP contribution is -2.24. The second-order valence-electron chi connectivity index (χ2n) is 6.80. The van der Waals surface area contributed by atoms with E-state index in [2.05, 4.69) is 5.10 Å². The van der Waals surface area contributed by atoms with E-state index in [1.165, 1.54) is 17.1 Å². The Kier molecular flexibility index (Phi) is 6.03. The number of sulfone groups is 1. The van der Waals surface area contributed by atoms with Gasteiger partial charge in [0.25, 0.3) is 5.91 Å². The first-order chi connectivity index (χ1) is 13.6. The lowest BCUT2D eigenvalue weighted by Gasteiger charge is -2.12. The van der Waals surface area contributed by atoms with Crippen molar-refractivity contribution < 1.29 is 13.2 Å². The molecule has 1 aliphatic rings. The van der Waals surface area contributed by atoms with Crippen LogP contribution in [0.5, 0.6) is 0 Å². The maximum atomic E-state index is 13.1. The van der Waals surface area contributed by atoms with Crippen LogP contribution in [0, 0.1) is 6.92 Å². The Hall–Kier alpha value is -2.35. The highest BCUT2D eigenvalue weighted by molar-refractivity contribution is 7.92. The quantitative estimate of drug-likeness (QED) is 0.645. The number of benzene rings is 2. The molecule has 0 saturated heterocycles. The van der Waals surface area contributed by atoms with Gasteiger partial charge in [0.2, 0.25) is 0 Å². The molecule has 1 heterocycles. The number of nitrogens with zero attached hydrogens (tertiary/aromatic N) is 3. The molecular formula is C20H19Cl2N3O3S. The Labute approximate surface area is 179 Å². The molecular weight excluding hydrogens is 433 g/mol.